The van der Waals surface area contributed by atoms with Gasteiger partial charge in [-0.1, -0.05) is 6.07 Å². The molecule has 18 heavy (non-hydrogen) atoms. The van der Waals surface area contributed by atoms with Crippen LogP contribution >= 0.6 is 12.2 Å². The molecule has 1 fully saturated rings. The molecule has 1 aromatic heterocycles. The van der Waals surface area contributed by atoms with Crippen LogP contribution in [-0.2, 0) is 6.54 Å². The topological polar surface area (TPSA) is 48.4 Å². The second kappa shape index (κ2) is 4.48. The van der Waals surface area contributed by atoms with Crippen molar-refractivity contribution < 1.29 is 5.11 Å². The quantitative estimate of drug-likeness (QED) is 0.796. The van der Waals surface area contributed by atoms with Gasteiger partial charge in [-0.25, -0.2) is 0 Å². The highest BCUT2D eigenvalue weighted by atomic mass is 32.1. The van der Waals surface area contributed by atoms with E-state index in [0.717, 1.165) is 5.56 Å². The van der Waals surface area contributed by atoms with Crippen LogP contribution in [-0.4, -0.2) is 31.4 Å². The van der Waals surface area contributed by atoms with Gasteiger partial charge in [-0.3, -0.25) is 4.98 Å². The number of hydrogen-bond donors (Lipinski definition) is 2. The molecule has 5 heteroatoms. The predicted octanol–water partition coefficient (Wildman–Crippen LogP) is 1.65. The van der Waals surface area contributed by atoms with Gasteiger partial charge in [0.25, 0.3) is 0 Å². The molecule has 0 saturated carbocycles. The van der Waals surface area contributed by atoms with Gasteiger partial charge in [0.05, 0.1) is 0 Å². The summed E-state index contributed by atoms with van der Waals surface area (Å²) in [6.07, 6.45) is 4.14. The molecule has 1 atom stereocenters. The molecule has 0 spiro atoms. The molecule has 2 rings (SSSR count). The fourth-order valence-corrected chi connectivity index (χ4v) is 3.01. The smallest absolute Gasteiger partial charge is 0.171 e. The van der Waals surface area contributed by atoms with Crippen LogP contribution in [0.25, 0.3) is 0 Å². The van der Waals surface area contributed by atoms with Crippen LogP contribution in [0.15, 0.2) is 24.5 Å². The number of thiocarbonyl (C=S) groups is 1. The van der Waals surface area contributed by atoms with E-state index in [0.29, 0.717) is 18.1 Å². The summed E-state index contributed by atoms with van der Waals surface area (Å²) < 4.78 is 0. The minimum atomic E-state index is -0.943. The molecule has 1 aliphatic heterocycles. The number of rotatable bonds is 2. The third-order valence-electron chi connectivity index (χ3n) is 3.11. The van der Waals surface area contributed by atoms with E-state index in [2.05, 4.69) is 10.3 Å². The molecule has 0 amide bonds. The number of aromatic nitrogens is 1. The third-order valence-corrected chi connectivity index (χ3v) is 3.43. The molecule has 98 valence electrons. The molecule has 1 saturated heterocycles. The molecule has 0 radical (unpaired) electrons. The SMILES string of the molecule is CC1(C)CC(C)(O)N(Cc2cccnc2)C(=S)N1. The van der Waals surface area contributed by atoms with Crippen LogP contribution in [0.1, 0.15) is 32.8 Å². The first kappa shape index (κ1) is 13.2. The first-order valence-corrected chi connectivity index (χ1v) is 6.42. The van der Waals surface area contributed by atoms with E-state index >= 15 is 0 Å². The lowest BCUT2D eigenvalue weighted by atomic mass is 9.90. The molecule has 4 nitrogen and oxygen atoms in total. The highest BCUT2D eigenvalue weighted by molar-refractivity contribution is 7.80. The van der Waals surface area contributed by atoms with E-state index in [1.54, 1.807) is 19.3 Å². The lowest BCUT2D eigenvalue weighted by molar-refractivity contribution is -0.0921. The highest BCUT2D eigenvalue weighted by Gasteiger charge is 2.42. The Balaban J connectivity index is 2.20. The third kappa shape index (κ3) is 2.79. The number of nitrogens with one attached hydrogen (secondary N) is 1. The average Bonchev–Trinajstić information content (AvgIpc) is 2.23. The van der Waals surface area contributed by atoms with E-state index in [1.807, 2.05) is 30.9 Å². The monoisotopic (exact) mass is 265 g/mol. The first-order valence-electron chi connectivity index (χ1n) is 6.01. The minimum absolute atomic E-state index is 0.188. The zero-order valence-electron chi connectivity index (χ0n) is 11.0. The van der Waals surface area contributed by atoms with E-state index < -0.39 is 5.72 Å². The Hall–Kier alpha value is -1.20. The van der Waals surface area contributed by atoms with Gasteiger partial charge in [0.15, 0.2) is 5.11 Å². The molecular weight excluding hydrogens is 246 g/mol. The van der Waals surface area contributed by atoms with Crippen LogP contribution < -0.4 is 5.32 Å². The van der Waals surface area contributed by atoms with Crippen molar-refractivity contribution in [2.45, 2.75) is 45.0 Å². The second-order valence-electron chi connectivity index (χ2n) is 5.66. The Bertz CT molecular complexity index is 445. The molecule has 0 bridgehead atoms. The molecule has 1 aliphatic rings. The van der Waals surface area contributed by atoms with Crippen LogP contribution in [0.2, 0.25) is 0 Å². The zero-order valence-corrected chi connectivity index (χ0v) is 11.8. The summed E-state index contributed by atoms with van der Waals surface area (Å²) in [5, 5.41) is 14.4. The Morgan fingerprint density at radius 2 is 2.22 bits per heavy atom. The number of pyridine rings is 1. The maximum Gasteiger partial charge on any atom is 0.171 e. The summed E-state index contributed by atoms with van der Waals surface area (Å²) in [6.45, 7) is 6.44. The number of hydrogen-bond acceptors (Lipinski definition) is 3. The van der Waals surface area contributed by atoms with Crippen molar-refractivity contribution in [1.82, 2.24) is 15.2 Å². The van der Waals surface area contributed by atoms with E-state index in [9.17, 15) is 5.11 Å². The van der Waals surface area contributed by atoms with Gasteiger partial charge in [-0.2, -0.15) is 0 Å². The van der Waals surface area contributed by atoms with E-state index in [-0.39, 0.29) is 5.54 Å². The van der Waals surface area contributed by atoms with Gasteiger partial charge in [0.2, 0.25) is 0 Å². The van der Waals surface area contributed by atoms with Crippen LogP contribution in [0, 0.1) is 0 Å². The minimum Gasteiger partial charge on any atom is -0.371 e. The van der Waals surface area contributed by atoms with Gasteiger partial charge >= 0.3 is 0 Å². The molecule has 1 unspecified atom stereocenters. The molecule has 0 aromatic carbocycles. The second-order valence-corrected chi connectivity index (χ2v) is 6.04. The van der Waals surface area contributed by atoms with Crippen molar-refractivity contribution in [2.24, 2.45) is 0 Å². The standard InChI is InChI=1S/C13H19N3OS/c1-12(2)9-13(3,17)16(11(18)15-12)8-10-5-4-6-14-7-10/h4-7,17H,8-9H2,1-3H3,(H,15,18). The number of nitrogens with zero attached hydrogens (tertiary/aromatic N) is 2. The fourth-order valence-electron chi connectivity index (χ4n) is 2.47. The lowest BCUT2D eigenvalue weighted by Gasteiger charge is -2.49. The maximum absolute atomic E-state index is 10.6. The molecular formula is C13H19N3OS. The van der Waals surface area contributed by atoms with Gasteiger partial charge in [0, 0.05) is 30.9 Å². The fraction of sp³-hybridized carbons (Fsp3) is 0.538. The van der Waals surface area contributed by atoms with Gasteiger partial charge in [-0.05, 0) is 44.6 Å². The van der Waals surface area contributed by atoms with Crippen molar-refractivity contribution >= 4 is 17.3 Å². The van der Waals surface area contributed by atoms with Crippen LogP contribution in [0.3, 0.4) is 0 Å². The molecule has 1 aromatic rings. The largest absolute Gasteiger partial charge is 0.371 e. The molecule has 0 aliphatic carbocycles. The van der Waals surface area contributed by atoms with Crippen molar-refractivity contribution in [3.63, 3.8) is 0 Å². The Labute approximate surface area is 113 Å². The van der Waals surface area contributed by atoms with Gasteiger partial charge in [-0.15, -0.1) is 0 Å². The summed E-state index contributed by atoms with van der Waals surface area (Å²) >= 11 is 5.36. The van der Waals surface area contributed by atoms with Crippen molar-refractivity contribution in [1.29, 1.82) is 0 Å². The van der Waals surface area contributed by atoms with Crippen molar-refractivity contribution in [2.75, 3.05) is 0 Å². The summed E-state index contributed by atoms with van der Waals surface area (Å²) in [4.78, 5) is 5.89. The maximum atomic E-state index is 10.6. The average molecular weight is 265 g/mol. The van der Waals surface area contributed by atoms with Crippen LogP contribution in [0.5, 0.6) is 0 Å². The van der Waals surface area contributed by atoms with Gasteiger partial charge < -0.3 is 15.3 Å². The summed E-state index contributed by atoms with van der Waals surface area (Å²) in [7, 11) is 0. The predicted molar refractivity (Wildman–Crippen MR) is 74.8 cm³/mol. The molecule has 2 N–H and O–H groups in total. The van der Waals surface area contributed by atoms with E-state index in [4.69, 9.17) is 12.2 Å². The van der Waals surface area contributed by atoms with Crippen molar-refractivity contribution in [3.05, 3.63) is 30.1 Å². The summed E-state index contributed by atoms with van der Waals surface area (Å²) in [5.41, 5.74) is -0.102. The number of aliphatic hydroxyl groups is 1. The van der Waals surface area contributed by atoms with Crippen LogP contribution in [0.4, 0.5) is 0 Å². The normalized spacial score (nSPS) is 26.9. The summed E-state index contributed by atoms with van der Waals surface area (Å²) in [6, 6.07) is 3.86. The Kier molecular flexibility index (Phi) is 3.29. The zero-order chi connectivity index (χ0) is 13.4. The first-order chi connectivity index (χ1) is 8.30. The Morgan fingerprint density at radius 3 is 2.78 bits per heavy atom. The lowest BCUT2D eigenvalue weighted by Crippen LogP contribution is -2.65. The Morgan fingerprint density at radius 1 is 1.50 bits per heavy atom. The van der Waals surface area contributed by atoms with E-state index in [1.165, 1.54) is 0 Å². The van der Waals surface area contributed by atoms with Gasteiger partial charge in [0.1, 0.15) is 5.72 Å². The summed E-state index contributed by atoms with van der Waals surface area (Å²) in [5.74, 6) is 0. The highest BCUT2D eigenvalue weighted by Crippen LogP contribution is 2.30. The molecule has 2 heterocycles. The van der Waals surface area contributed by atoms with Crippen molar-refractivity contribution in [3.8, 4) is 0 Å².